The number of rotatable bonds is 5. The molecule has 2 amide bonds. The van der Waals surface area contributed by atoms with Crippen molar-refractivity contribution in [3.05, 3.63) is 23.4 Å². The van der Waals surface area contributed by atoms with Gasteiger partial charge in [-0.3, -0.25) is 9.59 Å². The van der Waals surface area contributed by atoms with E-state index in [9.17, 15) is 9.59 Å². The van der Waals surface area contributed by atoms with Crippen molar-refractivity contribution in [3.8, 4) is 11.5 Å². The number of hydrogen-bond acceptors (Lipinski definition) is 4. The van der Waals surface area contributed by atoms with Crippen LogP contribution >= 0.6 is 0 Å². The number of benzene rings is 1. The fourth-order valence-electron chi connectivity index (χ4n) is 4.39. The maximum absolute atomic E-state index is 13.3. The lowest BCUT2D eigenvalue weighted by molar-refractivity contribution is -0.119. The van der Waals surface area contributed by atoms with E-state index in [0.29, 0.717) is 18.8 Å². The Morgan fingerprint density at radius 1 is 1.36 bits per heavy atom. The van der Waals surface area contributed by atoms with Crippen LogP contribution in [0.5, 0.6) is 11.5 Å². The lowest BCUT2D eigenvalue weighted by Gasteiger charge is -2.34. The molecule has 1 saturated heterocycles. The summed E-state index contributed by atoms with van der Waals surface area (Å²) >= 11 is 0. The number of aromatic nitrogens is 1. The number of amides is 2. The Bertz CT molecular complexity index is 920. The van der Waals surface area contributed by atoms with Gasteiger partial charge < -0.3 is 25.1 Å². The van der Waals surface area contributed by atoms with Crippen molar-refractivity contribution < 1.29 is 19.1 Å². The van der Waals surface area contributed by atoms with E-state index < -0.39 is 0 Å². The molecule has 1 aromatic heterocycles. The highest BCUT2D eigenvalue weighted by molar-refractivity contribution is 6.02. The minimum Gasteiger partial charge on any atom is -0.493 e. The standard InChI is InChI=1S/C21H27N3O4/c1-3-27-17-9-13-8-12(2)28-20(13)19-15(17)11-16(23-19)21(26)24-7-5-4-6-14(24)10-18(22)25/h9,11-12,14,23H,3-8,10H2,1-2H3,(H2,22,25)/t12-,14-/m0/s1. The van der Waals surface area contributed by atoms with E-state index in [-0.39, 0.29) is 30.4 Å². The second kappa shape index (κ2) is 7.37. The Kier molecular flexibility index (Phi) is 4.91. The first kappa shape index (κ1) is 18.7. The molecule has 7 heteroatoms. The first-order chi connectivity index (χ1) is 13.5. The highest BCUT2D eigenvalue weighted by Crippen LogP contribution is 2.41. The van der Waals surface area contributed by atoms with Crippen LogP contribution in [0.1, 0.15) is 55.6 Å². The summed E-state index contributed by atoms with van der Waals surface area (Å²) in [5.41, 5.74) is 7.78. The van der Waals surface area contributed by atoms with Crippen molar-refractivity contribution in [1.82, 2.24) is 9.88 Å². The van der Waals surface area contributed by atoms with E-state index in [0.717, 1.165) is 53.6 Å². The van der Waals surface area contributed by atoms with E-state index in [1.165, 1.54) is 0 Å². The molecule has 0 saturated carbocycles. The molecule has 3 heterocycles. The summed E-state index contributed by atoms with van der Waals surface area (Å²) in [7, 11) is 0. The van der Waals surface area contributed by atoms with Crippen LogP contribution in [0.2, 0.25) is 0 Å². The van der Waals surface area contributed by atoms with Gasteiger partial charge >= 0.3 is 0 Å². The smallest absolute Gasteiger partial charge is 0.270 e. The topological polar surface area (TPSA) is 97.7 Å². The van der Waals surface area contributed by atoms with Crippen LogP contribution in [-0.4, -0.2) is 47.0 Å². The molecule has 0 bridgehead atoms. The number of nitrogens with one attached hydrogen (secondary N) is 1. The lowest BCUT2D eigenvalue weighted by atomic mass is 9.98. The molecule has 2 aromatic rings. The van der Waals surface area contributed by atoms with Gasteiger partial charge in [-0.25, -0.2) is 0 Å². The molecule has 28 heavy (non-hydrogen) atoms. The summed E-state index contributed by atoms with van der Waals surface area (Å²) in [4.78, 5) is 29.7. The number of carbonyl (C=O) groups is 2. The molecule has 0 radical (unpaired) electrons. The third-order valence-electron chi connectivity index (χ3n) is 5.59. The number of piperidine rings is 1. The summed E-state index contributed by atoms with van der Waals surface area (Å²) < 4.78 is 11.8. The van der Waals surface area contributed by atoms with Gasteiger partial charge in [0.2, 0.25) is 5.91 Å². The Morgan fingerprint density at radius 2 is 2.18 bits per heavy atom. The molecule has 7 nitrogen and oxygen atoms in total. The highest BCUT2D eigenvalue weighted by Gasteiger charge is 2.31. The summed E-state index contributed by atoms with van der Waals surface area (Å²) in [6.45, 7) is 5.16. The highest BCUT2D eigenvalue weighted by atomic mass is 16.5. The number of nitrogens with zero attached hydrogens (tertiary/aromatic N) is 1. The van der Waals surface area contributed by atoms with Crippen molar-refractivity contribution in [2.75, 3.05) is 13.2 Å². The van der Waals surface area contributed by atoms with Crippen molar-refractivity contribution in [3.63, 3.8) is 0 Å². The quantitative estimate of drug-likeness (QED) is 0.827. The van der Waals surface area contributed by atoms with Gasteiger partial charge in [-0.05, 0) is 45.2 Å². The number of nitrogens with two attached hydrogens (primary N) is 1. The Balaban J connectivity index is 1.72. The molecule has 0 unspecified atom stereocenters. The van der Waals surface area contributed by atoms with Gasteiger partial charge in [-0.1, -0.05) is 0 Å². The minimum atomic E-state index is -0.375. The van der Waals surface area contributed by atoms with Gasteiger partial charge in [0.05, 0.1) is 12.1 Å². The molecular formula is C21H27N3O4. The molecule has 4 rings (SSSR count). The summed E-state index contributed by atoms with van der Waals surface area (Å²) in [5, 5.41) is 0.849. The fraction of sp³-hybridized carbons (Fsp3) is 0.524. The molecule has 0 aliphatic carbocycles. The van der Waals surface area contributed by atoms with Gasteiger partial charge in [0.15, 0.2) is 0 Å². The number of fused-ring (bicyclic) bond motifs is 3. The number of likely N-dealkylation sites (tertiary alicyclic amines) is 1. The van der Waals surface area contributed by atoms with Gasteiger partial charge in [0.1, 0.15) is 23.3 Å². The number of aromatic amines is 1. The number of ether oxygens (including phenoxy) is 2. The van der Waals surface area contributed by atoms with Crippen molar-refractivity contribution in [2.24, 2.45) is 5.73 Å². The largest absolute Gasteiger partial charge is 0.493 e. The maximum Gasteiger partial charge on any atom is 0.270 e. The Morgan fingerprint density at radius 3 is 2.93 bits per heavy atom. The van der Waals surface area contributed by atoms with E-state index in [1.54, 1.807) is 4.90 Å². The van der Waals surface area contributed by atoms with Crippen LogP contribution < -0.4 is 15.2 Å². The number of H-pyrrole nitrogens is 1. The third-order valence-corrected chi connectivity index (χ3v) is 5.59. The molecule has 3 N–H and O–H groups in total. The van der Waals surface area contributed by atoms with Gasteiger partial charge in [0, 0.05) is 36.4 Å². The zero-order valence-corrected chi connectivity index (χ0v) is 16.4. The Hall–Kier alpha value is -2.70. The predicted molar refractivity (Wildman–Crippen MR) is 106 cm³/mol. The maximum atomic E-state index is 13.3. The van der Waals surface area contributed by atoms with Crippen LogP contribution in [0.4, 0.5) is 0 Å². The molecule has 1 fully saturated rings. The number of hydrogen-bond donors (Lipinski definition) is 2. The predicted octanol–water partition coefficient (Wildman–Crippen LogP) is 2.76. The van der Waals surface area contributed by atoms with Crippen LogP contribution in [0.15, 0.2) is 12.1 Å². The van der Waals surface area contributed by atoms with E-state index in [1.807, 2.05) is 26.0 Å². The van der Waals surface area contributed by atoms with Crippen molar-refractivity contribution in [2.45, 2.75) is 58.1 Å². The second-order valence-corrected chi connectivity index (χ2v) is 7.72. The third kappa shape index (κ3) is 3.30. The second-order valence-electron chi connectivity index (χ2n) is 7.72. The Labute approximate surface area is 164 Å². The fourth-order valence-corrected chi connectivity index (χ4v) is 4.39. The molecule has 0 spiro atoms. The molecule has 1 aromatic carbocycles. The minimum absolute atomic E-state index is 0.0968. The zero-order valence-electron chi connectivity index (χ0n) is 16.4. The molecule has 2 atom stereocenters. The zero-order chi connectivity index (χ0) is 19.8. The summed E-state index contributed by atoms with van der Waals surface area (Å²) in [5.74, 6) is 1.08. The van der Waals surface area contributed by atoms with E-state index >= 15 is 0 Å². The van der Waals surface area contributed by atoms with Crippen molar-refractivity contribution in [1.29, 1.82) is 0 Å². The normalized spacial score (nSPS) is 21.4. The molecule has 2 aliphatic rings. The average Bonchev–Trinajstić information content (AvgIpc) is 3.24. The number of primary amides is 1. The summed E-state index contributed by atoms with van der Waals surface area (Å²) in [6, 6.07) is 3.72. The monoisotopic (exact) mass is 385 g/mol. The number of carbonyl (C=O) groups excluding carboxylic acids is 2. The first-order valence-electron chi connectivity index (χ1n) is 10.0. The van der Waals surface area contributed by atoms with Crippen LogP contribution in [0.25, 0.3) is 10.9 Å². The SMILES string of the molecule is CCOc1cc2c(c3[nH]c(C(=O)N4CCCC[C@H]4CC(N)=O)cc13)O[C@@H](C)C2. The molecule has 150 valence electrons. The lowest BCUT2D eigenvalue weighted by Crippen LogP contribution is -2.45. The van der Waals surface area contributed by atoms with Gasteiger partial charge in [-0.15, -0.1) is 0 Å². The molecule has 2 aliphatic heterocycles. The van der Waals surface area contributed by atoms with E-state index in [4.69, 9.17) is 15.2 Å². The van der Waals surface area contributed by atoms with Crippen LogP contribution in [-0.2, 0) is 11.2 Å². The summed E-state index contributed by atoms with van der Waals surface area (Å²) in [6.07, 6.45) is 3.85. The average molecular weight is 385 g/mol. The molecular weight excluding hydrogens is 358 g/mol. The van der Waals surface area contributed by atoms with Gasteiger partial charge in [-0.2, -0.15) is 0 Å². The van der Waals surface area contributed by atoms with Gasteiger partial charge in [0.25, 0.3) is 5.91 Å². The van der Waals surface area contributed by atoms with Crippen molar-refractivity contribution >= 4 is 22.7 Å². The first-order valence-corrected chi connectivity index (χ1v) is 10.0. The van der Waals surface area contributed by atoms with E-state index in [2.05, 4.69) is 4.98 Å². The van der Waals surface area contributed by atoms with Crippen LogP contribution in [0, 0.1) is 0 Å². The van der Waals surface area contributed by atoms with Crippen LogP contribution in [0.3, 0.4) is 0 Å².